The van der Waals surface area contributed by atoms with Crippen LogP contribution >= 0.6 is 58.0 Å². The van der Waals surface area contributed by atoms with Gasteiger partial charge in [0, 0.05) is 326 Å². The maximum atomic E-state index is 12.7. The minimum absolute atomic E-state index is 0.0433. The molecule has 5 aliphatic heterocycles. The fraction of sp³-hybridized carbons (Fsp3) is 0.682. The van der Waals surface area contributed by atoms with Gasteiger partial charge in [0.15, 0.2) is 0 Å². The molecule has 0 bridgehead atoms. The van der Waals surface area contributed by atoms with E-state index in [9.17, 15) is 24.0 Å². The van der Waals surface area contributed by atoms with Crippen LogP contribution in [0, 0.1) is 64.1 Å². The number of benzene rings is 5. The molecular weight excluding hydrogens is 1860 g/mol. The molecule has 0 aromatic heterocycles. The first-order valence-electron chi connectivity index (χ1n) is 95.8. The van der Waals surface area contributed by atoms with Gasteiger partial charge in [-0.15, -0.1) is 0 Å². The zero-order valence-corrected chi connectivity index (χ0v) is 80.6. The number of carbonyl (C=O) groups is 5. The molecule has 780 valence electrons. The van der Waals surface area contributed by atoms with E-state index in [1.54, 1.807) is 16.0 Å². The van der Waals surface area contributed by atoms with E-state index < -0.39 is 559 Å². The van der Waals surface area contributed by atoms with E-state index in [1.165, 1.54) is 19.2 Å². The van der Waals surface area contributed by atoms with E-state index >= 15 is 0 Å². The summed E-state index contributed by atoms with van der Waals surface area (Å²) in [5, 5.41) is 5.33. The summed E-state index contributed by atoms with van der Waals surface area (Å²) in [5.74, 6) is -17.4. The van der Waals surface area contributed by atoms with E-state index in [4.69, 9.17) is 207 Å². The molecule has 5 aliphatic carbocycles. The molecule has 0 unspecified atom stereocenters. The molecule has 5 saturated heterocycles. The van der Waals surface area contributed by atoms with Gasteiger partial charge in [-0.1, -0.05) is 118 Å². The maximum Gasteiger partial charge on any atom is 0.317 e. The van der Waals surface area contributed by atoms with Crippen LogP contribution in [0.2, 0.25) is 25.1 Å². The van der Waals surface area contributed by atoms with Gasteiger partial charge < -0.3 is 75.6 Å². The maximum absolute atomic E-state index is 12.7. The Morgan fingerprint density at radius 1 is 0.314 bits per heavy atom. The Hall–Kier alpha value is -7.30. The first kappa shape index (κ1) is 36.3. The Balaban J connectivity index is 0.000000281. The molecule has 5 heterocycles. The lowest BCUT2D eigenvalue weighted by atomic mass is 9.84. The minimum Gasteiger partial charge on any atom is -0.368 e. The largest absolute Gasteiger partial charge is 0.368 e. The number of anilines is 5. The quantitative estimate of drug-likeness (QED) is 0.0370. The second-order valence-electron chi connectivity index (χ2n) is 29.9. The Kier molecular flexibility index (Phi) is 14.9. The second kappa shape index (κ2) is 57.6. The molecule has 10 fully saturated rings. The van der Waals surface area contributed by atoms with Crippen LogP contribution in [-0.4, -0.2) is 342 Å². The Labute approximate surface area is 1020 Å². The molecule has 25 nitrogen and oxygen atoms in total. The van der Waals surface area contributed by atoms with Crippen LogP contribution in [-0.2, 0) is 0 Å². The number of piperazine rings is 5. The molecule has 0 spiro atoms. The predicted octanol–water partition coefficient (Wildman–Crippen LogP) is 20.0. The van der Waals surface area contributed by atoms with Crippen LogP contribution in [0.25, 0.3) is 0 Å². The third-order valence-corrected chi connectivity index (χ3v) is 21.0. The highest BCUT2D eigenvalue weighted by molar-refractivity contribution is 6.35. The number of nitrogens with one attached hydrogen (secondary N) is 5. The molecule has 30 heteroatoms. The zero-order chi connectivity index (χ0) is 198. The molecule has 5 aromatic rings. The molecule has 5 N–H and O–H groups in total. The lowest BCUT2D eigenvalue weighted by Crippen LogP contribution is -2.47. The number of carbonyl (C=O) groups excluding carboxylic acids is 5. The van der Waals surface area contributed by atoms with Gasteiger partial charge in [0.25, 0.3) is 0 Å². The van der Waals surface area contributed by atoms with Crippen molar-refractivity contribution in [3.63, 3.8) is 0 Å². The number of amides is 10. The topological polar surface area (TPSA) is 194 Å². The third kappa shape index (κ3) is 35.8. The molecule has 0 atom stereocenters. The Morgan fingerprint density at radius 2 is 0.557 bits per heavy atom. The zero-order valence-electron chi connectivity index (χ0n) is 186. The summed E-state index contributed by atoms with van der Waals surface area (Å²) in [4.78, 5) is 62.2. The van der Waals surface area contributed by atoms with Crippen LogP contribution < -0.4 is 51.1 Å². The van der Waals surface area contributed by atoms with Gasteiger partial charge in [-0.05, 0) is 314 Å². The van der Waals surface area contributed by atoms with Gasteiger partial charge in [0.1, 0.15) is 0 Å². The van der Waals surface area contributed by atoms with Crippen molar-refractivity contribution in [3.8, 4) is 0 Å². The van der Waals surface area contributed by atoms with Crippen molar-refractivity contribution in [3.05, 3.63) is 144 Å². The summed E-state index contributed by atoms with van der Waals surface area (Å²) >= 11 is 31.3. The van der Waals surface area contributed by atoms with Crippen molar-refractivity contribution in [1.29, 1.82) is 0 Å². The number of urea groups is 5. The average molecular weight is 2140 g/mol. The van der Waals surface area contributed by atoms with Gasteiger partial charge in [-0.2, -0.15) is 0 Å². The number of nitrogens with zero attached hydrogens (tertiary/aromatic N) is 15. The molecular formula is C110H175Cl5N20O5. The average Bonchev–Trinajstić information content (AvgIpc) is 0.641. The van der Waals surface area contributed by atoms with Gasteiger partial charge in [0.2, 0.25) is 0 Å². The number of rotatable bonds is 25. The monoisotopic (exact) mass is 2140 g/mol. The molecule has 10 amide bonds. The van der Waals surface area contributed by atoms with Crippen LogP contribution in [0.4, 0.5) is 52.4 Å². The molecule has 10 aliphatic rings. The highest BCUT2D eigenvalue weighted by Gasteiger charge is 2.33. The summed E-state index contributed by atoms with van der Waals surface area (Å²) in [5.41, 5.74) is -6.37. The van der Waals surface area contributed by atoms with Gasteiger partial charge in [0.05, 0.1) is 107 Å². The normalized spacial score (nSPS) is 52.7. The second-order valence-corrected chi connectivity index (χ2v) is 31.8. The van der Waals surface area contributed by atoms with E-state index in [0.717, 1.165) is 75.0 Å². The van der Waals surface area contributed by atoms with Crippen molar-refractivity contribution in [1.82, 2.24) is 75.6 Å². The predicted molar refractivity (Wildman–Crippen MR) is 587 cm³/mol. The van der Waals surface area contributed by atoms with Gasteiger partial charge in [-0.3, -0.25) is 24.5 Å². The summed E-state index contributed by atoms with van der Waals surface area (Å²) < 4.78 is 930. The Morgan fingerprint density at radius 3 is 0.836 bits per heavy atom. The van der Waals surface area contributed by atoms with E-state index in [2.05, 4.69) is 5.32 Å². The molecule has 15 rings (SSSR count). The summed E-state index contributed by atoms with van der Waals surface area (Å²) in [6.45, 7) is -90.9. The summed E-state index contributed by atoms with van der Waals surface area (Å²) in [7, 11) is 8.25. The highest BCUT2D eigenvalue weighted by Crippen LogP contribution is 2.39. The standard InChI is InChI=1S/5C22H35ClN4O/c5*1-17-5-4-6-20(21(17)23)27-15-13-26(14-16-27)12-11-18-7-9-19(10-8-18)24-22(28)25(2)3/h5*4-6,18-19H,7-16H2,1-3H3,(H,24,28)/i4D,5D,6D,7D2,8D2,9D2,10D2,12D2,13D2,14D2,15D2,16D2,18D,19D;4D,5D,6D,7D2,8D2,9D2,10D2,11D2,13D2,14D2,15D2,16D2,18D,19D;2D3,4D,5D,6D,7D2,8D2,9D2,10D2,13D2,14D2,15D2,16D2,18D,19D;4D,5D,6D,7D2,8D2,9D2,10D2,13D2,14D2,15D2,16D2,18D,19D;2D3,4D,5D,6D,11D2,12D2,13D2,14D2,15D2,16D2. The van der Waals surface area contributed by atoms with Gasteiger partial charge in [-0.25, -0.2) is 24.0 Å². The SMILES string of the molecule is [2H]c1c([2H])c(C)c(Cl)c(N2C([2H])([2H])C([2H])([2H])N(C([2H])([2H])C([2H])([2H])C3CCC(NC(=O)N(C)C([2H])([2H])[2H])CC3)C([2H])([2H])C2([2H])[2H])c1[2H].[2H]c1c([2H])c(C)c(Cl)c(N2C([2H])([2H])C([2H])([2H])N(C([2H])([2H])CC3([2H])C([2H])([2H])C([2H])([2H])C([2H])(NC(=O)N(C)C)C([2H])([2H])C3([2H])[2H])C([2H])([2H])C2([2H])[2H])c1[2H].[2H]c1c([2H])c(C)c(Cl)c(N2C([2H])([2H])C([2H])([2H])N(CC([2H])([2H])C3([2H])C([2H])([2H])C([2H])([2H])C([2H])(NC(=O)N(C)C)C([2H])([2H])C3([2H])[2H])C([2H])([2H])C2([2H])[2H])c1[2H].[2H]c1c([2H])c(C)c(Cl)c(N2C([2H])([2H])C([2H])([2H])N(CCC3([2H])C([2H])([2H])C([2H])([2H])C([2H])(NC(=O)N(C)C([2H])([2H])[2H])C([2H])([2H])C3([2H])[2H])C([2H])([2H])C2([2H])[2H])c1[2H].[2H]c1c([2H])c(C)c(Cl)c(N2C([2H])([2H])C([2H])([2H])N(CCC3([2H])C([2H])([2H])C([2H])([2H])C([2H])(NC(=O)N(C)C)C([2H])([2H])C3([2H])[2H])C([2H])([2H])C2([2H])[2H])c1[2H]. The van der Waals surface area contributed by atoms with E-state index in [-0.39, 0.29) is 92.7 Å². The van der Waals surface area contributed by atoms with Gasteiger partial charge >= 0.3 is 30.2 Å². The molecule has 140 heavy (non-hydrogen) atoms. The lowest BCUT2D eigenvalue weighted by Gasteiger charge is -2.37. The number of hydrogen-bond donors (Lipinski definition) is 5. The molecule has 0 radical (unpaired) electrons. The summed E-state index contributed by atoms with van der Waals surface area (Å²) in [6, 6.07) is -35.9. The molecule has 5 aromatic carbocycles. The highest BCUT2D eigenvalue weighted by atomic mass is 35.5. The molecule has 5 saturated carbocycles. The van der Waals surface area contributed by atoms with Crippen molar-refractivity contribution in [2.45, 2.75) is 224 Å². The van der Waals surface area contributed by atoms with Crippen LogP contribution in [0.5, 0.6) is 0 Å². The number of hydrogen-bond acceptors (Lipinski definition) is 15. The Bertz CT molecular complexity index is 9970. The minimum atomic E-state index is -4.46. The van der Waals surface area contributed by atoms with Crippen molar-refractivity contribution < 1.29 is 173 Å². The van der Waals surface area contributed by atoms with Crippen molar-refractivity contribution in [2.75, 3.05) is 257 Å². The van der Waals surface area contributed by atoms with Crippen LogP contribution in [0.3, 0.4) is 0 Å². The smallest absolute Gasteiger partial charge is 0.317 e. The summed E-state index contributed by atoms with van der Waals surface area (Å²) in [6.07, 6.45) is -79.1. The van der Waals surface area contributed by atoms with E-state index in [0.29, 0.717) is 21.7 Å². The van der Waals surface area contributed by atoms with Crippen molar-refractivity contribution in [2.24, 2.45) is 29.5 Å². The fourth-order valence-electron chi connectivity index (χ4n) is 10.9. The third-order valence-electron chi connectivity index (χ3n) is 18.7. The first-order chi connectivity index (χ1) is 109. The van der Waals surface area contributed by atoms with Crippen LogP contribution in [0.1, 0.15) is 337 Å². The van der Waals surface area contributed by atoms with Crippen molar-refractivity contribution >= 4 is 117 Å². The first-order valence-corrected chi connectivity index (χ1v) is 43.2. The fourth-order valence-corrected chi connectivity index (χ4v) is 11.8. The number of halogens is 5. The lowest BCUT2D eigenvalue weighted by molar-refractivity contribution is 0.194. The van der Waals surface area contributed by atoms with E-state index in [1.807, 2.05) is 0 Å². The van der Waals surface area contributed by atoms with Crippen LogP contribution in [0.15, 0.2) is 90.6 Å².